The average Bonchev–Trinajstić information content (AvgIpc) is 2.82. The number of hydrogen-bond acceptors (Lipinski definition) is 4. The predicted octanol–water partition coefficient (Wildman–Crippen LogP) is 0.806. The van der Waals surface area contributed by atoms with Crippen LogP contribution in [0, 0.1) is 0 Å². The van der Waals surface area contributed by atoms with E-state index in [0.717, 1.165) is 19.4 Å². The fraction of sp³-hybridized carbons (Fsp3) is 0.833. The number of rotatable bonds is 6. The molecule has 1 aliphatic heterocycles. The lowest BCUT2D eigenvalue weighted by atomic mass is 10.1. The van der Waals surface area contributed by atoms with Gasteiger partial charge in [0.15, 0.2) is 0 Å². The highest BCUT2D eigenvalue weighted by atomic mass is 16.5. The summed E-state index contributed by atoms with van der Waals surface area (Å²) in [7, 11) is 0. The zero-order chi connectivity index (χ0) is 13.4. The van der Waals surface area contributed by atoms with Crippen LogP contribution < -0.4 is 10.6 Å². The maximum Gasteiger partial charge on any atom is 0.407 e. The highest BCUT2D eigenvalue weighted by Gasteiger charge is 2.23. The zero-order valence-corrected chi connectivity index (χ0v) is 11.0. The molecule has 2 N–H and O–H groups in total. The summed E-state index contributed by atoms with van der Waals surface area (Å²) in [5.74, 6) is -0.0881. The van der Waals surface area contributed by atoms with Crippen LogP contribution in [0.5, 0.6) is 0 Å². The molecule has 0 aromatic carbocycles. The standard InChI is InChI=1S/C12H22N2O4/c1-3-17-12(16)13-7-6-11(15)14-9(2)10-5-4-8-18-10/h9-10H,3-8H2,1-2H3,(H,13,16)(H,14,15)/t9-,10-/m1/s1. The molecule has 0 saturated carbocycles. The third-order valence-electron chi connectivity index (χ3n) is 2.81. The Hall–Kier alpha value is -1.30. The number of ether oxygens (including phenoxy) is 2. The average molecular weight is 258 g/mol. The molecule has 6 nitrogen and oxygen atoms in total. The van der Waals surface area contributed by atoms with Gasteiger partial charge in [0.05, 0.1) is 18.8 Å². The van der Waals surface area contributed by atoms with Gasteiger partial charge in [-0.1, -0.05) is 0 Å². The van der Waals surface area contributed by atoms with Gasteiger partial charge in [-0.2, -0.15) is 0 Å². The van der Waals surface area contributed by atoms with E-state index < -0.39 is 6.09 Å². The second-order valence-electron chi connectivity index (χ2n) is 4.30. The van der Waals surface area contributed by atoms with Crippen LogP contribution in [0.25, 0.3) is 0 Å². The summed E-state index contributed by atoms with van der Waals surface area (Å²) in [6.45, 7) is 5.05. The molecule has 1 aliphatic rings. The van der Waals surface area contributed by atoms with Crippen molar-refractivity contribution in [1.82, 2.24) is 10.6 Å². The molecule has 0 bridgehead atoms. The van der Waals surface area contributed by atoms with Gasteiger partial charge in [-0.05, 0) is 26.7 Å². The van der Waals surface area contributed by atoms with Crippen molar-refractivity contribution in [1.29, 1.82) is 0 Å². The highest BCUT2D eigenvalue weighted by molar-refractivity contribution is 5.77. The maximum absolute atomic E-state index is 11.6. The largest absolute Gasteiger partial charge is 0.450 e. The molecule has 1 fully saturated rings. The van der Waals surface area contributed by atoms with E-state index in [4.69, 9.17) is 4.74 Å². The molecule has 0 unspecified atom stereocenters. The van der Waals surface area contributed by atoms with Crippen LogP contribution in [0.4, 0.5) is 4.79 Å². The summed E-state index contributed by atoms with van der Waals surface area (Å²) in [6, 6.07) is 0.0163. The molecular formula is C12H22N2O4. The molecular weight excluding hydrogens is 236 g/mol. The molecule has 104 valence electrons. The molecule has 0 aromatic rings. The number of carbonyl (C=O) groups is 2. The Balaban J connectivity index is 2.11. The van der Waals surface area contributed by atoms with Crippen LogP contribution in [0.1, 0.15) is 33.1 Å². The summed E-state index contributed by atoms with van der Waals surface area (Å²) >= 11 is 0. The zero-order valence-electron chi connectivity index (χ0n) is 11.0. The summed E-state index contributed by atoms with van der Waals surface area (Å²) < 4.78 is 10.2. The minimum absolute atomic E-state index is 0.0163. The van der Waals surface area contributed by atoms with E-state index in [1.165, 1.54) is 0 Å². The first-order chi connectivity index (χ1) is 8.63. The fourth-order valence-electron chi connectivity index (χ4n) is 1.88. The minimum atomic E-state index is -0.488. The van der Waals surface area contributed by atoms with E-state index in [1.807, 2.05) is 6.92 Å². The predicted molar refractivity (Wildman–Crippen MR) is 66.2 cm³/mol. The van der Waals surface area contributed by atoms with Crippen molar-refractivity contribution >= 4 is 12.0 Å². The van der Waals surface area contributed by atoms with Crippen LogP contribution in [-0.2, 0) is 14.3 Å². The van der Waals surface area contributed by atoms with E-state index in [1.54, 1.807) is 6.92 Å². The minimum Gasteiger partial charge on any atom is -0.450 e. The second-order valence-corrected chi connectivity index (χ2v) is 4.30. The molecule has 0 aliphatic carbocycles. The molecule has 1 saturated heterocycles. The van der Waals surface area contributed by atoms with E-state index in [2.05, 4.69) is 15.4 Å². The normalized spacial score (nSPS) is 20.2. The van der Waals surface area contributed by atoms with Crippen LogP contribution in [0.3, 0.4) is 0 Å². The first kappa shape index (κ1) is 14.8. The lowest BCUT2D eigenvalue weighted by molar-refractivity contribution is -0.122. The Morgan fingerprint density at radius 3 is 2.89 bits per heavy atom. The first-order valence-electron chi connectivity index (χ1n) is 6.45. The van der Waals surface area contributed by atoms with Crippen molar-refractivity contribution in [3.63, 3.8) is 0 Å². The molecule has 0 radical (unpaired) electrons. The van der Waals surface area contributed by atoms with Gasteiger partial charge in [0.2, 0.25) is 5.91 Å². The Labute approximate surface area is 107 Å². The van der Waals surface area contributed by atoms with Gasteiger partial charge in [-0.15, -0.1) is 0 Å². The Bertz CT molecular complexity index is 277. The van der Waals surface area contributed by atoms with Crippen molar-refractivity contribution in [2.75, 3.05) is 19.8 Å². The third kappa shape index (κ3) is 5.35. The molecule has 1 rings (SSSR count). The van der Waals surface area contributed by atoms with Crippen LogP contribution in [0.15, 0.2) is 0 Å². The van der Waals surface area contributed by atoms with Crippen molar-refractivity contribution < 1.29 is 19.1 Å². The van der Waals surface area contributed by atoms with Crippen molar-refractivity contribution in [2.45, 2.75) is 45.3 Å². The fourth-order valence-corrected chi connectivity index (χ4v) is 1.88. The Kier molecular flexibility index (Phi) is 6.49. The third-order valence-corrected chi connectivity index (χ3v) is 2.81. The van der Waals surface area contributed by atoms with Crippen LogP contribution in [0.2, 0.25) is 0 Å². The highest BCUT2D eigenvalue weighted by Crippen LogP contribution is 2.15. The molecule has 18 heavy (non-hydrogen) atoms. The van der Waals surface area contributed by atoms with Crippen LogP contribution >= 0.6 is 0 Å². The van der Waals surface area contributed by atoms with E-state index in [-0.39, 0.29) is 31.0 Å². The van der Waals surface area contributed by atoms with Crippen LogP contribution in [-0.4, -0.2) is 43.9 Å². The molecule has 2 amide bonds. The van der Waals surface area contributed by atoms with Gasteiger partial charge in [0, 0.05) is 19.6 Å². The smallest absolute Gasteiger partial charge is 0.407 e. The summed E-state index contributed by atoms with van der Waals surface area (Å²) in [4.78, 5) is 22.6. The van der Waals surface area contributed by atoms with Gasteiger partial charge in [0.25, 0.3) is 0 Å². The number of amides is 2. The number of hydrogen-bond donors (Lipinski definition) is 2. The van der Waals surface area contributed by atoms with E-state index >= 15 is 0 Å². The van der Waals surface area contributed by atoms with E-state index in [0.29, 0.717) is 6.61 Å². The molecule has 0 aromatic heterocycles. The summed E-state index contributed by atoms with van der Waals surface area (Å²) in [6.07, 6.45) is 1.91. The van der Waals surface area contributed by atoms with Gasteiger partial charge in [-0.3, -0.25) is 4.79 Å². The maximum atomic E-state index is 11.6. The lowest BCUT2D eigenvalue weighted by Gasteiger charge is -2.19. The Morgan fingerprint density at radius 2 is 2.28 bits per heavy atom. The van der Waals surface area contributed by atoms with Crippen molar-refractivity contribution in [3.8, 4) is 0 Å². The monoisotopic (exact) mass is 258 g/mol. The number of nitrogens with one attached hydrogen (secondary N) is 2. The Morgan fingerprint density at radius 1 is 1.50 bits per heavy atom. The van der Waals surface area contributed by atoms with Gasteiger partial charge in [0.1, 0.15) is 0 Å². The van der Waals surface area contributed by atoms with Crippen molar-refractivity contribution in [2.24, 2.45) is 0 Å². The number of carbonyl (C=O) groups excluding carboxylic acids is 2. The van der Waals surface area contributed by atoms with Crippen molar-refractivity contribution in [3.05, 3.63) is 0 Å². The van der Waals surface area contributed by atoms with E-state index in [9.17, 15) is 9.59 Å². The summed E-state index contributed by atoms with van der Waals surface area (Å²) in [5, 5.41) is 5.38. The topological polar surface area (TPSA) is 76.7 Å². The first-order valence-corrected chi connectivity index (χ1v) is 6.45. The molecule has 1 heterocycles. The molecule has 2 atom stereocenters. The quantitative estimate of drug-likeness (QED) is 0.739. The summed E-state index contributed by atoms with van der Waals surface area (Å²) in [5.41, 5.74) is 0. The lowest BCUT2D eigenvalue weighted by Crippen LogP contribution is -2.42. The SMILES string of the molecule is CCOC(=O)NCCC(=O)N[C@H](C)[C@H]1CCCO1. The number of alkyl carbamates (subject to hydrolysis) is 1. The van der Waals surface area contributed by atoms with Gasteiger partial charge in [-0.25, -0.2) is 4.79 Å². The second kappa shape index (κ2) is 7.92. The van der Waals surface area contributed by atoms with Gasteiger partial charge >= 0.3 is 6.09 Å². The molecule has 0 spiro atoms. The molecule has 6 heteroatoms. The van der Waals surface area contributed by atoms with Gasteiger partial charge < -0.3 is 20.1 Å².